The number of imidazole rings is 1. The molecule has 0 spiro atoms. The van der Waals surface area contributed by atoms with Gasteiger partial charge in [0.25, 0.3) is 0 Å². The lowest BCUT2D eigenvalue weighted by Gasteiger charge is -2.10. The van der Waals surface area contributed by atoms with Gasteiger partial charge in [-0.15, -0.1) is 11.6 Å². The second-order valence-corrected chi connectivity index (χ2v) is 5.04. The van der Waals surface area contributed by atoms with Crippen LogP contribution < -0.4 is 0 Å². The van der Waals surface area contributed by atoms with Crippen molar-refractivity contribution in [2.75, 3.05) is 0 Å². The van der Waals surface area contributed by atoms with Gasteiger partial charge in [-0.05, 0) is 40.2 Å². The molecule has 0 unspecified atom stereocenters. The molecule has 3 aromatic rings. The van der Waals surface area contributed by atoms with E-state index in [-0.39, 0.29) is 11.7 Å². The Morgan fingerprint density at radius 2 is 2.11 bits per heavy atom. The summed E-state index contributed by atoms with van der Waals surface area (Å²) in [5, 5.41) is 0. The van der Waals surface area contributed by atoms with Crippen molar-refractivity contribution in [3.8, 4) is 5.69 Å². The fourth-order valence-electron chi connectivity index (χ4n) is 1.99. The molecule has 3 rings (SSSR count). The predicted octanol–water partition coefficient (Wildman–Crippen LogP) is 4.06. The van der Waals surface area contributed by atoms with Crippen LogP contribution in [0.25, 0.3) is 16.9 Å². The average Bonchev–Trinajstić information content (AvgIpc) is 2.77. The Morgan fingerprint density at radius 3 is 2.84 bits per heavy atom. The SMILES string of the molecule is Fc1cccc(Br)c1-n1c(CCl)nc2cccnc21. The summed E-state index contributed by atoms with van der Waals surface area (Å²) in [7, 11) is 0. The van der Waals surface area contributed by atoms with Crippen molar-refractivity contribution >= 4 is 38.7 Å². The fourth-order valence-corrected chi connectivity index (χ4v) is 2.69. The van der Waals surface area contributed by atoms with E-state index in [4.69, 9.17) is 11.6 Å². The molecule has 0 fully saturated rings. The first kappa shape index (κ1) is 12.6. The van der Waals surface area contributed by atoms with Crippen LogP contribution >= 0.6 is 27.5 Å². The second-order valence-electron chi connectivity index (χ2n) is 3.91. The van der Waals surface area contributed by atoms with Gasteiger partial charge in [0.1, 0.15) is 17.2 Å². The van der Waals surface area contributed by atoms with Crippen molar-refractivity contribution in [2.45, 2.75) is 5.88 Å². The van der Waals surface area contributed by atoms with Crippen molar-refractivity contribution in [1.82, 2.24) is 14.5 Å². The van der Waals surface area contributed by atoms with Gasteiger partial charge in [0, 0.05) is 10.7 Å². The van der Waals surface area contributed by atoms with E-state index in [0.29, 0.717) is 27.1 Å². The summed E-state index contributed by atoms with van der Waals surface area (Å²) in [5.74, 6) is 0.379. The normalized spacial score (nSPS) is 11.1. The number of para-hydroxylation sites is 1. The Kier molecular flexibility index (Phi) is 3.24. The molecular formula is C13H8BrClFN3. The molecule has 0 saturated heterocycles. The van der Waals surface area contributed by atoms with Gasteiger partial charge in [0.05, 0.1) is 11.6 Å². The van der Waals surface area contributed by atoms with Crippen LogP contribution in [-0.4, -0.2) is 14.5 Å². The molecule has 96 valence electrons. The van der Waals surface area contributed by atoms with Crippen LogP contribution in [0.1, 0.15) is 5.82 Å². The summed E-state index contributed by atoms with van der Waals surface area (Å²) in [6, 6.07) is 8.41. The molecular weight excluding hydrogens is 333 g/mol. The number of hydrogen-bond donors (Lipinski definition) is 0. The van der Waals surface area contributed by atoms with Gasteiger partial charge < -0.3 is 0 Å². The van der Waals surface area contributed by atoms with E-state index in [1.54, 1.807) is 29.0 Å². The highest BCUT2D eigenvalue weighted by atomic mass is 79.9. The summed E-state index contributed by atoms with van der Waals surface area (Å²) in [6.45, 7) is 0. The molecule has 0 amide bonds. The second kappa shape index (κ2) is 4.90. The van der Waals surface area contributed by atoms with Crippen LogP contribution in [0.4, 0.5) is 4.39 Å². The summed E-state index contributed by atoms with van der Waals surface area (Å²) in [4.78, 5) is 8.63. The van der Waals surface area contributed by atoms with E-state index < -0.39 is 0 Å². The van der Waals surface area contributed by atoms with E-state index >= 15 is 0 Å². The van der Waals surface area contributed by atoms with Gasteiger partial charge in [-0.2, -0.15) is 0 Å². The van der Waals surface area contributed by atoms with Crippen LogP contribution in [0.2, 0.25) is 0 Å². The molecule has 0 aliphatic carbocycles. The zero-order chi connectivity index (χ0) is 13.4. The van der Waals surface area contributed by atoms with Gasteiger partial charge in [0.2, 0.25) is 0 Å². The van der Waals surface area contributed by atoms with E-state index in [1.807, 2.05) is 6.07 Å². The molecule has 0 saturated carbocycles. The predicted molar refractivity (Wildman–Crippen MR) is 76.1 cm³/mol. The maximum Gasteiger partial charge on any atom is 0.164 e. The van der Waals surface area contributed by atoms with Crippen molar-refractivity contribution in [3.63, 3.8) is 0 Å². The van der Waals surface area contributed by atoms with Crippen LogP contribution in [0.5, 0.6) is 0 Å². The summed E-state index contributed by atoms with van der Waals surface area (Å²) >= 11 is 9.27. The van der Waals surface area contributed by atoms with Crippen molar-refractivity contribution < 1.29 is 4.39 Å². The molecule has 2 heterocycles. The maximum atomic E-state index is 14.1. The standard InChI is InChI=1S/C13H8BrClFN3/c14-8-3-1-4-9(16)12(8)19-11(7-15)18-10-5-2-6-17-13(10)19/h1-6H,7H2. The molecule has 2 aromatic heterocycles. The lowest BCUT2D eigenvalue weighted by atomic mass is 10.3. The lowest BCUT2D eigenvalue weighted by molar-refractivity contribution is 0.616. The van der Waals surface area contributed by atoms with Gasteiger partial charge in [-0.1, -0.05) is 6.07 Å². The van der Waals surface area contributed by atoms with E-state index in [9.17, 15) is 4.39 Å². The number of halogens is 3. The quantitative estimate of drug-likeness (QED) is 0.659. The number of fused-ring (bicyclic) bond motifs is 1. The number of nitrogens with zero attached hydrogens (tertiary/aromatic N) is 3. The molecule has 0 aliphatic heterocycles. The molecule has 19 heavy (non-hydrogen) atoms. The molecule has 0 aliphatic rings. The Labute approximate surface area is 122 Å². The van der Waals surface area contributed by atoms with Crippen molar-refractivity contribution in [2.24, 2.45) is 0 Å². The molecule has 0 bridgehead atoms. The zero-order valence-corrected chi connectivity index (χ0v) is 12.0. The number of pyridine rings is 1. The Bertz CT molecular complexity index is 736. The number of hydrogen-bond acceptors (Lipinski definition) is 2. The Morgan fingerprint density at radius 1 is 1.26 bits per heavy atom. The van der Waals surface area contributed by atoms with Crippen LogP contribution in [-0.2, 0) is 5.88 Å². The minimum absolute atomic E-state index is 0.178. The van der Waals surface area contributed by atoms with E-state index in [2.05, 4.69) is 25.9 Å². The van der Waals surface area contributed by atoms with Crippen LogP contribution in [0.15, 0.2) is 41.0 Å². The summed E-state index contributed by atoms with van der Waals surface area (Å²) in [5.41, 5.74) is 1.65. The smallest absolute Gasteiger partial charge is 0.164 e. The zero-order valence-electron chi connectivity index (χ0n) is 9.65. The first-order chi connectivity index (χ1) is 9.22. The third kappa shape index (κ3) is 2.03. The number of alkyl halides is 1. The number of rotatable bonds is 2. The molecule has 0 radical (unpaired) electrons. The molecule has 0 N–H and O–H groups in total. The summed E-state index contributed by atoms with van der Waals surface area (Å²) in [6.07, 6.45) is 1.65. The molecule has 3 nitrogen and oxygen atoms in total. The third-order valence-corrected chi connectivity index (χ3v) is 3.65. The molecule has 6 heteroatoms. The first-order valence-electron chi connectivity index (χ1n) is 5.55. The van der Waals surface area contributed by atoms with Crippen LogP contribution in [0, 0.1) is 5.82 Å². The van der Waals surface area contributed by atoms with Crippen LogP contribution in [0.3, 0.4) is 0 Å². The minimum atomic E-state index is -0.356. The van der Waals surface area contributed by atoms with E-state index in [1.165, 1.54) is 6.07 Å². The van der Waals surface area contributed by atoms with Gasteiger partial charge in [0.15, 0.2) is 5.65 Å². The largest absolute Gasteiger partial charge is 0.276 e. The highest BCUT2D eigenvalue weighted by Crippen LogP contribution is 2.29. The first-order valence-corrected chi connectivity index (χ1v) is 6.88. The van der Waals surface area contributed by atoms with Gasteiger partial charge >= 0.3 is 0 Å². The highest BCUT2D eigenvalue weighted by Gasteiger charge is 2.17. The molecule has 0 atom stereocenters. The fraction of sp³-hybridized carbons (Fsp3) is 0.0769. The lowest BCUT2D eigenvalue weighted by Crippen LogP contribution is -2.04. The Hall–Kier alpha value is -1.46. The average molecular weight is 341 g/mol. The Balaban J connectivity index is 2.41. The third-order valence-electron chi connectivity index (χ3n) is 2.77. The van der Waals surface area contributed by atoms with Gasteiger partial charge in [-0.25, -0.2) is 14.4 Å². The highest BCUT2D eigenvalue weighted by molar-refractivity contribution is 9.10. The topological polar surface area (TPSA) is 30.7 Å². The van der Waals surface area contributed by atoms with E-state index in [0.717, 1.165) is 0 Å². The maximum absolute atomic E-state index is 14.1. The monoisotopic (exact) mass is 339 g/mol. The number of benzene rings is 1. The number of aromatic nitrogens is 3. The van der Waals surface area contributed by atoms with Gasteiger partial charge in [-0.3, -0.25) is 4.57 Å². The minimum Gasteiger partial charge on any atom is -0.276 e. The van der Waals surface area contributed by atoms with Crippen molar-refractivity contribution in [1.29, 1.82) is 0 Å². The molecule has 1 aromatic carbocycles. The summed E-state index contributed by atoms with van der Waals surface area (Å²) < 4.78 is 16.4. The van der Waals surface area contributed by atoms with Crippen molar-refractivity contribution in [3.05, 3.63) is 52.6 Å².